The van der Waals surface area contributed by atoms with Crippen LogP contribution in [0.5, 0.6) is 0 Å². The molecule has 0 aromatic heterocycles. The molecule has 112 valence electrons. The molecule has 2 saturated heterocycles. The van der Waals surface area contributed by atoms with Crippen LogP contribution >= 0.6 is 0 Å². The molecule has 1 atom stereocenters. The fourth-order valence-corrected chi connectivity index (χ4v) is 6.65. The van der Waals surface area contributed by atoms with Crippen molar-refractivity contribution >= 4 is 19.7 Å². The van der Waals surface area contributed by atoms with Gasteiger partial charge in [0.1, 0.15) is 9.84 Å². The first-order valence-electron chi connectivity index (χ1n) is 6.90. The maximum atomic E-state index is 11.8. The molecule has 0 aliphatic carbocycles. The maximum absolute atomic E-state index is 11.8. The number of nitrogens with one attached hydrogen (secondary N) is 1. The first-order chi connectivity index (χ1) is 8.79. The molecule has 0 bridgehead atoms. The van der Waals surface area contributed by atoms with Gasteiger partial charge in [-0.15, -0.1) is 0 Å². The van der Waals surface area contributed by atoms with Gasteiger partial charge in [-0.25, -0.2) is 16.8 Å². The third-order valence-electron chi connectivity index (χ3n) is 4.48. The fraction of sp³-hybridized carbons (Fsp3) is 1.00. The fourth-order valence-electron chi connectivity index (χ4n) is 3.17. The number of hydrogen-bond acceptors (Lipinski definition) is 5. The van der Waals surface area contributed by atoms with E-state index in [4.69, 9.17) is 0 Å². The summed E-state index contributed by atoms with van der Waals surface area (Å²) in [6.07, 6.45) is 1.94. The van der Waals surface area contributed by atoms with Gasteiger partial charge in [-0.2, -0.15) is 0 Å². The number of hydrogen-bond donors (Lipinski definition) is 1. The summed E-state index contributed by atoms with van der Waals surface area (Å²) in [4.78, 5) is 0. The Morgan fingerprint density at radius 3 is 2.37 bits per heavy atom. The SMILES string of the molecule is CCCS(=O)(=O)CCC1(C2CCS(=O)(=O)C2)CNC1. The second-order valence-corrected chi connectivity index (χ2v) is 10.5. The second-order valence-electron chi connectivity index (χ2n) is 5.97. The van der Waals surface area contributed by atoms with Crippen molar-refractivity contribution in [1.82, 2.24) is 5.32 Å². The minimum absolute atomic E-state index is 0.107. The Labute approximate surface area is 116 Å². The third-order valence-corrected chi connectivity index (χ3v) is 8.10. The lowest BCUT2D eigenvalue weighted by molar-refractivity contribution is 0.0881. The zero-order valence-corrected chi connectivity index (χ0v) is 13.0. The Bertz CT molecular complexity index is 520. The van der Waals surface area contributed by atoms with Crippen molar-refractivity contribution in [2.24, 2.45) is 11.3 Å². The van der Waals surface area contributed by atoms with Crippen LogP contribution < -0.4 is 5.32 Å². The highest BCUT2D eigenvalue weighted by molar-refractivity contribution is 7.91. The van der Waals surface area contributed by atoms with Gasteiger partial charge in [0.05, 0.1) is 17.3 Å². The predicted molar refractivity (Wildman–Crippen MR) is 75.6 cm³/mol. The van der Waals surface area contributed by atoms with Crippen LogP contribution in [0.25, 0.3) is 0 Å². The maximum Gasteiger partial charge on any atom is 0.150 e. The van der Waals surface area contributed by atoms with Gasteiger partial charge in [0.25, 0.3) is 0 Å². The molecular formula is C12H23NO4S2. The van der Waals surface area contributed by atoms with E-state index < -0.39 is 19.7 Å². The molecule has 0 aromatic rings. The van der Waals surface area contributed by atoms with Crippen LogP contribution in [0.3, 0.4) is 0 Å². The van der Waals surface area contributed by atoms with Gasteiger partial charge in [-0.1, -0.05) is 6.92 Å². The van der Waals surface area contributed by atoms with E-state index in [0.29, 0.717) is 19.3 Å². The van der Waals surface area contributed by atoms with Crippen molar-refractivity contribution in [3.05, 3.63) is 0 Å². The van der Waals surface area contributed by atoms with Gasteiger partial charge in [-0.3, -0.25) is 0 Å². The largest absolute Gasteiger partial charge is 0.316 e. The normalized spacial score (nSPS) is 29.0. The zero-order valence-electron chi connectivity index (χ0n) is 11.4. The summed E-state index contributed by atoms with van der Waals surface area (Å²) in [7, 11) is -5.87. The van der Waals surface area contributed by atoms with Crippen LogP contribution in [0.15, 0.2) is 0 Å². The molecule has 2 fully saturated rings. The Morgan fingerprint density at radius 2 is 1.95 bits per heavy atom. The number of sulfone groups is 2. The molecular weight excluding hydrogens is 286 g/mol. The molecule has 2 aliphatic rings. The molecule has 2 aliphatic heterocycles. The summed E-state index contributed by atoms with van der Waals surface area (Å²) >= 11 is 0. The molecule has 7 heteroatoms. The average Bonchev–Trinajstić information content (AvgIpc) is 2.57. The van der Waals surface area contributed by atoms with Crippen LogP contribution in [-0.2, 0) is 19.7 Å². The molecule has 1 N–H and O–H groups in total. The lowest BCUT2D eigenvalue weighted by atomic mass is 9.68. The third kappa shape index (κ3) is 3.49. The van der Waals surface area contributed by atoms with Crippen molar-refractivity contribution in [2.75, 3.05) is 36.1 Å². The Balaban J connectivity index is 2.00. The molecule has 5 nitrogen and oxygen atoms in total. The van der Waals surface area contributed by atoms with E-state index in [0.717, 1.165) is 13.1 Å². The van der Waals surface area contributed by atoms with Crippen LogP contribution in [-0.4, -0.2) is 52.9 Å². The smallest absolute Gasteiger partial charge is 0.150 e. The van der Waals surface area contributed by atoms with Gasteiger partial charge in [0.2, 0.25) is 0 Å². The van der Waals surface area contributed by atoms with Crippen molar-refractivity contribution in [2.45, 2.75) is 26.2 Å². The summed E-state index contributed by atoms with van der Waals surface area (Å²) in [5, 5.41) is 3.18. The quantitative estimate of drug-likeness (QED) is 0.759. The number of rotatable bonds is 6. The topological polar surface area (TPSA) is 80.3 Å². The van der Waals surface area contributed by atoms with Gasteiger partial charge in [-0.05, 0) is 25.2 Å². The van der Waals surface area contributed by atoms with E-state index in [-0.39, 0.29) is 34.3 Å². The van der Waals surface area contributed by atoms with Gasteiger partial charge >= 0.3 is 0 Å². The molecule has 1 unspecified atom stereocenters. The monoisotopic (exact) mass is 309 g/mol. The first-order valence-corrected chi connectivity index (χ1v) is 10.5. The molecule has 0 amide bonds. The summed E-state index contributed by atoms with van der Waals surface area (Å²) in [5.74, 6) is 1.07. The van der Waals surface area contributed by atoms with Crippen LogP contribution in [0.4, 0.5) is 0 Å². The van der Waals surface area contributed by atoms with Crippen molar-refractivity contribution in [3.63, 3.8) is 0 Å². The Kier molecular flexibility index (Phi) is 4.28. The molecule has 2 heterocycles. The molecule has 2 rings (SSSR count). The summed E-state index contributed by atoms with van der Waals surface area (Å²) in [6.45, 7) is 3.38. The van der Waals surface area contributed by atoms with Gasteiger partial charge in [0.15, 0.2) is 9.84 Å². The van der Waals surface area contributed by atoms with Gasteiger partial charge < -0.3 is 5.32 Å². The van der Waals surface area contributed by atoms with E-state index >= 15 is 0 Å². The first kappa shape index (κ1) is 15.3. The van der Waals surface area contributed by atoms with Crippen LogP contribution in [0.2, 0.25) is 0 Å². The Hall–Kier alpha value is -0.140. The highest BCUT2D eigenvalue weighted by Crippen LogP contribution is 2.42. The molecule has 0 saturated carbocycles. The standard InChI is InChI=1S/C12H23NO4S2/c1-2-5-18(14,15)7-4-12(9-13-10-12)11-3-6-19(16,17)8-11/h11,13H,2-10H2,1H3. The van der Waals surface area contributed by atoms with E-state index in [1.807, 2.05) is 6.92 Å². The lowest BCUT2D eigenvalue weighted by Crippen LogP contribution is -2.58. The van der Waals surface area contributed by atoms with E-state index in [9.17, 15) is 16.8 Å². The highest BCUT2D eigenvalue weighted by atomic mass is 32.2. The van der Waals surface area contributed by atoms with Crippen molar-refractivity contribution in [1.29, 1.82) is 0 Å². The summed E-state index contributed by atoms with van der Waals surface area (Å²) in [5.41, 5.74) is -0.107. The second kappa shape index (κ2) is 5.33. The molecule has 0 radical (unpaired) electrons. The Morgan fingerprint density at radius 1 is 1.26 bits per heavy atom. The van der Waals surface area contributed by atoms with Crippen LogP contribution in [0, 0.1) is 11.3 Å². The van der Waals surface area contributed by atoms with Crippen molar-refractivity contribution < 1.29 is 16.8 Å². The molecule has 19 heavy (non-hydrogen) atoms. The lowest BCUT2D eigenvalue weighted by Gasteiger charge is -2.47. The highest BCUT2D eigenvalue weighted by Gasteiger charge is 2.48. The van der Waals surface area contributed by atoms with E-state index in [1.165, 1.54) is 0 Å². The average molecular weight is 309 g/mol. The zero-order chi connectivity index (χ0) is 14.1. The predicted octanol–water partition coefficient (Wildman–Crippen LogP) is 0.226. The summed E-state index contributed by atoms with van der Waals surface area (Å²) < 4.78 is 46.8. The molecule has 0 aromatic carbocycles. The van der Waals surface area contributed by atoms with E-state index in [1.54, 1.807) is 0 Å². The van der Waals surface area contributed by atoms with Crippen molar-refractivity contribution in [3.8, 4) is 0 Å². The molecule has 0 spiro atoms. The minimum atomic E-state index is -2.98. The minimum Gasteiger partial charge on any atom is -0.316 e. The summed E-state index contributed by atoms with van der Waals surface area (Å²) in [6, 6.07) is 0. The van der Waals surface area contributed by atoms with Crippen LogP contribution in [0.1, 0.15) is 26.2 Å². The van der Waals surface area contributed by atoms with Gasteiger partial charge in [0, 0.05) is 24.3 Å². The van der Waals surface area contributed by atoms with E-state index in [2.05, 4.69) is 5.32 Å².